The van der Waals surface area contributed by atoms with E-state index in [0.29, 0.717) is 12.4 Å². The first kappa shape index (κ1) is 15.2. The van der Waals surface area contributed by atoms with E-state index < -0.39 is 0 Å². The van der Waals surface area contributed by atoms with Gasteiger partial charge in [-0.1, -0.05) is 12.1 Å². The van der Waals surface area contributed by atoms with Gasteiger partial charge in [0, 0.05) is 37.7 Å². The fraction of sp³-hybridized carbons (Fsp3) is 0.167. The highest BCUT2D eigenvalue weighted by Crippen LogP contribution is 2.41. The molecule has 0 radical (unpaired) electrons. The molecule has 0 saturated carbocycles. The standard InChI is InChI=1S/C18H18FN3O/c1-22-15(11-23-2)16(12-3-5-14(19)6-4-12)17(18(22)20)13-7-9-21-10-8-13/h3-10H,11,20H2,1-2H3. The summed E-state index contributed by atoms with van der Waals surface area (Å²) in [6, 6.07) is 10.2. The molecule has 0 aliphatic rings. The van der Waals surface area contributed by atoms with Crippen LogP contribution in [0.4, 0.5) is 10.2 Å². The molecule has 0 atom stereocenters. The number of anilines is 1. The summed E-state index contributed by atoms with van der Waals surface area (Å²) in [6.07, 6.45) is 3.46. The van der Waals surface area contributed by atoms with Gasteiger partial charge in [0.2, 0.25) is 0 Å². The quantitative estimate of drug-likeness (QED) is 0.800. The van der Waals surface area contributed by atoms with Gasteiger partial charge in [-0.3, -0.25) is 4.98 Å². The molecule has 3 aromatic rings. The molecule has 0 aliphatic carbocycles. The average molecular weight is 311 g/mol. The SMILES string of the molecule is COCc1c(-c2ccc(F)cc2)c(-c2ccncc2)c(N)n1C. The molecular formula is C18H18FN3O. The van der Waals surface area contributed by atoms with Crippen LogP contribution in [-0.4, -0.2) is 16.7 Å². The van der Waals surface area contributed by atoms with Gasteiger partial charge in [-0.05, 0) is 35.4 Å². The lowest BCUT2D eigenvalue weighted by molar-refractivity contribution is 0.179. The second-order valence-electron chi connectivity index (χ2n) is 5.32. The Kier molecular flexibility index (Phi) is 4.12. The number of hydrogen-bond acceptors (Lipinski definition) is 3. The van der Waals surface area contributed by atoms with Crippen LogP contribution < -0.4 is 5.73 Å². The number of halogens is 1. The van der Waals surface area contributed by atoms with Gasteiger partial charge >= 0.3 is 0 Å². The summed E-state index contributed by atoms with van der Waals surface area (Å²) in [7, 11) is 3.55. The van der Waals surface area contributed by atoms with Gasteiger partial charge in [0.1, 0.15) is 11.6 Å². The molecule has 0 saturated heterocycles. The van der Waals surface area contributed by atoms with Crippen molar-refractivity contribution in [3.05, 3.63) is 60.3 Å². The molecule has 0 aliphatic heterocycles. The summed E-state index contributed by atoms with van der Waals surface area (Å²) >= 11 is 0. The maximum absolute atomic E-state index is 13.3. The number of pyridine rings is 1. The second kappa shape index (κ2) is 6.22. The molecule has 2 heterocycles. The summed E-state index contributed by atoms with van der Waals surface area (Å²) in [5, 5.41) is 0. The first-order chi connectivity index (χ1) is 11.1. The van der Waals surface area contributed by atoms with Gasteiger partial charge in [-0.2, -0.15) is 0 Å². The Morgan fingerprint density at radius 1 is 1.04 bits per heavy atom. The van der Waals surface area contributed by atoms with Crippen molar-refractivity contribution >= 4 is 5.82 Å². The van der Waals surface area contributed by atoms with Crippen LogP contribution in [0.3, 0.4) is 0 Å². The third-order valence-corrected chi connectivity index (χ3v) is 3.94. The van der Waals surface area contributed by atoms with E-state index in [9.17, 15) is 4.39 Å². The maximum Gasteiger partial charge on any atom is 0.123 e. The molecular weight excluding hydrogens is 293 g/mol. The first-order valence-electron chi connectivity index (χ1n) is 7.25. The topological polar surface area (TPSA) is 53.1 Å². The number of rotatable bonds is 4. The van der Waals surface area contributed by atoms with Crippen molar-refractivity contribution in [3.63, 3.8) is 0 Å². The Bertz CT molecular complexity index is 811. The number of aromatic nitrogens is 2. The zero-order chi connectivity index (χ0) is 16.4. The maximum atomic E-state index is 13.3. The smallest absolute Gasteiger partial charge is 0.123 e. The average Bonchev–Trinajstić information content (AvgIpc) is 2.82. The molecule has 0 unspecified atom stereocenters. The van der Waals surface area contributed by atoms with Crippen LogP contribution in [0.25, 0.3) is 22.3 Å². The molecule has 4 nitrogen and oxygen atoms in total. The molecule has 0 spiro atoms. The van der Waals surface area contributed by atoms with Crippen LogP contribution in [0.15, 0.2) is 48.8 Å². The molecule has 0 bridgehead atoms. The highest BCUT2D eigenvalue weighted by atomic mass is 19.1. The zero-order valence-electron chi connectivity index (χ0n) is 13.1. The molecule has 23 heavy (non-hydrogen) atoms. The molecule has 3 rings (SSSR count). The first-order valence-corrected chi connectivity index (χ1v) is 7.25. The zero-order valence-corrected chi connectivity index (χ0v) is 13.1. The highest BCUT2D eigenvalue weighted by Gasteiger charge is 2.21. The summed E-state index contributed by atoms with van der Waals surface area (Å²) in [6.45, 7) is 0.415. The van der Waals surface area contributed by atoms with Crippen LogP contribution in [0, 0.1) is 5.82 Å². The monoisotopic (exact) mass is 311 g/mol. The van der Waals surface area contributed by atoms with E-state index in [2.05, 4.69) is 4.98 Å². The number of nitrogens with two attached hydrogens (primary N) is 1. The Morgan fingerprint density at radius 2 is 1.65 bits per heavy atom. The molecule has 2 aromatic heterocycles. The van der Waals surface area contributed by atoms with Crippen LogP contribution in [0.5, 0.6) is 0 Å². The van der Waals surface area contributed by atoms with Crippen molar-refractivity contribution in [2.24, 2.45) is 7.05 Å². The van der Waals surface area contributed by atoms with Crippen molar-refractivity contribution in [2.75, 3.05) is 12.8 Å². The molecule has 0 fully saturated rings. The van der Waals surface area contributed by atoms with E-state index in [1.165, 1.54) is 12.1 Å². The minimum Gasteiger partial charge on any atom is -0.385 e. The van der Waals surface area contributed by atoms with Crippen LogP contribution in [-0.2, 0) is 18.4 Å². The summed E-state index contributed by atoms with van der Waals surface area (Å²) in [4.78, 5) is 4.06. The van der Waals surface area contributed by atoms with Crippen molar-refractivity contribution < 1.29 is 9.13 Å². The lowest BCUT2D eigenvalue weighted by atomic mass is 9.96. The minimum atomic E-state index is -0.267. The number of benzene rings is 1. The van der Waals surface area contributed by atoms with Gasteiger partial charge in [0.05, 0.1) is 12.3 Å². The summed E-state index contributed by atoms with van der Waals surface area (Å²) < 4.78 is 20.5. The fourth-order valence-corrected chi connectivity index (χ4v) is 2.80. The Hall–Kier alpha value is -2.66. The third kappa shape index (κ3) is 2.71. The van der Waals surface area contributed by atoms with Crippen molar-refractivity contribution in [2.45, 2.75) is 6.61 Å². The lowest BCUT2D eigenvalue weighted by Crippen LogP contribution is -2.02. The van der Waals surface area contributed by atoms with Gasteiger partial charge in [-0.15, -0.1) is 0 Å². The fourth-order valence-electron chi connectivity index (χ4n) is 2.80. The molecule has 5 heteroatoms. The molecule has 118 valence electrons. The van der Waals surface area contributed by atoms with Crippen LogP contribution in [0.1, 0.15) is 5.69 Å². The van der Waals surface area contributed by atoms with Crippen molar-refractivity contribution in [1.29, 1.82) is 0 Å². The van der Waals surface area contributed by atoms with E-state index in [4.69, 9.17) is 10.5 Å². The van der Waals surface area contributed by atoms with Crippen molar-refractivity contribution in [3.8, 4) is 22.3 Å². The Morgan fingerprint density at radius 3 is 2.26 bits per heavy atom. The largest absolute Gasteiger partial charge is 0.385 e. The van der Waals surface area contributed by atoms with Crippen molar-refractivity contribution in [1.82, 2.24) is 9.55 Å². The summed E-state index contributed by atoms with van der Waals surface area (Å²) in [5.41, 5.74) is 11.0. The van der Waals surface area contributed by atoms with Gasteiger partial charge in [0.25, 0.3) is 0 Å². The van der Waals surface area contributed by atoms with E-state index in [1.807, 2.05) is 23.7 Å². The summed E-state index contributed by atoms with van der Waals surface area (Å²) in [5.74, 6) is 0.374. The number of nitrogen functional groups attached to an aromatic ring is 1. The Labute approximate surface area is 134 Å². The number of nitrogens with zero attached hydrogens (tertiary/aromatic N) is 2. The Balaban J connectivity index is 2.30. The predicted octanol–water partition coefficient (Wildman–Crippen LogP) is 3.62. The molecule has 2 N–H and O–H groups in total. The second-order valence-corrected chi connectivity index (χ2v) is 5.32. The van der Waals surface area contributed by atoms with Crippen LogP contribution in [0.2, 0.25) is 0 Å². The normalized spacial score (nSPS) is 10.9. The lowest BCUT2D eigenvalue weighted by Gasteiger charge is -2.09. The minimum absolute atomic E-state index is 0.267. The van der Waals surface area contributed by atoms with E-state index in [-0.39, 0.29) is 5.82 Å². The van der Waals surface area contributed by atoms with Gasteiger partial charge < -0.3 is 15.0 Å². The van der Waals surface area contributed by atoms with E-state index in [0.717, 1.165) is 27.9 Å². The van der Waals surface area contributed by atoms with Gasteiger partial charge in [0.15, 0.2) is 0 Å². The molecule has 0 amide bonds. The number of methoxy groups -OCH3 is 1. The third-order valence-electron chi connectivity index (χ3n) is 3.94. The van der Waals surface area contributed by atoms with E-state index in [1.54, 1.807) is 31.6 Å². The predicted molar refractivity (Wildman–Crippen MR) is 89.2 cm³/mol. The van der Waals surface area contributed by atoms with Gasteiger partial charge in [-0.25, -0.2) is 4.39 Å². The van der Waals surface area contributed by atoms with E-state index >= 15 is 0 Å². The number of ether oxygens (including phenoxy) is 1. The van der Waals surface area contributed by atoms with Crippen LogP contribution >= 0.6 is 0 Å². The number of hydrogen-bond donors (Lipinski definition) is 1. The molecule has 1 aromatic carbocycles. The highest BCUT2D eigenvalue weighted by molar-refractivity contribution is 5.92.